The van der Waals surface area contributed by atoms with E-state index in [4.69, 9.17) is 12.2 Å². The molecule has 4 rings (SSSR count). The molecule has 0 saturated heterocycles. The van der Waals surface area contributed by atoms with E-state index < -0.39 is 0 Å². The number of hydrogen-bond donors (Lipinski definition) is 1. The van der Waals surface area contributed by atoms with Crippen LogP contribution in [0.2, 0.25) is 0 Å². The van der Waals surface area contributed by atoms with E-state index in [1.54, 1.807) is 12.4 Å². The average Bonchev–Trinajstić information content (AvgIpc) is 2.96. The lowest BCUT2D eigenvalue weighted by Gasteiger charge is -2.06. The Hall–Kier alpha value is -1.79. The molecule has 3 heterocycles. The summed E-state index contributed by atoms with van der Waals surface area (Å²) < 4.78 is 0.706. The van der Waals surface area contributed by atoms with E-state index in [1.165, 1.54) is 11.3 Å². The quantitative estimate of drug-likeness (QED) is 0.697. The van der Waals surface area contributed by atoms with Crippen molar-refractivity contribution >= 4 is 35.0 Å². The molecule has 0 atom stereocenters. The number of thioether (sulfide) groups is 1. The first-order valence-corrected chi connectivity index (χ1v) is 7.78. The molecule has 20 heavy (non-hydrogen) atoms. The lowest BCUT2D eigenvalue weighted by Crippen LogP contribution is -1.97. The van der Waals surface area contributed by atoms with Gasteiger partial charge in [0.05, 0.1) is 11.0 Å². The zero-order chi connectivity index (χ0) is 13.5. The van der Waals surface area contributed by atoms with Crippen LogP contribution < -0.4 is 0 Å². The van der Waals surface area contributed by atoms with Crippen molar-refractivity contribution in [3.8, 4) is 11.4 Å². The first-order chi connectivity index (χ1) is 9.81. The van der Waals surface area contributed by atoms with E-state index >= 15 is 0 Å². The molecule has 2 aromatic heterocycles. The Morgan fingerprint density at radius 1 is 1.10 bits per heavy atom. The maximum absolute atomic E-state index is 5.39. The van der Waals surface area contributed by atoms with Crippen molar-refractivity contribution in [1.82, 2.24) is 19.9 Å². The Bertz CT molecular complexity index is 872. The van der Waals surface area contributed by atoms with Crippen LogP contribution in [0.25, 0.3) is 22.4 Å². The summed E-state index contributed by atoms with van der Waals surface area (Å²) in [5.41, 5.74) is 5.11. The van der Waals surface area contributed by atoms with Gasteiger partial charge >= 0.3 is 0 Å². The third kappa shape index (κ3) is 1.92. The number of fused-ring (bicyclic) bond motifs is 2. The number of rotatable bonds is 1. The van der Waals surface area contributed by atoms with Crippen LogP contribution in [0.15, 0.2) is 30.6 Å². The summed E-state index contributed by atoms with van der Waals surface area (Å²) in [6.45, 7) is 0. The third-order valence-corrected chi connectivity index (χ3v) is 4.66. The minimum Gasteiger partial charge on any atom is -0.342 e. The summed E-state index contributed by atoms with van der Waals surface area (Å²) in [7, 11) is 0. The van der Waals surface area contributed by atoms with Crippen LogP contribution in [0, 0.1) is 4.64 Å². The second-order valence-corrected chi connectivity index (χ2v) is 5.97. The normalized spacial score (nSPS) is 13.6. The van der Waals surface area contributed by atoms with Gasteiger partial charge in [-0.1, -0.05) is 12.2 Å². The number of hydrogen-bond acceptors (Lipinski definition) is 5. The van der Waals surface area contributed by atoms with Crippen LogP contribution in [-0.4, -0.2) is 19.9 Å². The first-order valence-electron chi connectivity index (χ1n) is 6.22. The van der Waals surface area contributed by atoms with E-state index in [1.807, 2.05) is 30.0 Å². The molecule has 0 amide bonds. The lowest BCUT2D eigenvalue weighted by molar-refractivity contribution is 1.06. The fourth-order valence-corrected chi connectivity index (χ4v) is 3.76. The Labute approximate surface area is 124 Å². The standard InChI is InChI=1S/C14H10N4S2/c19-14-9-6-20-7-12(9)17-13(18-14)8-1-2-10-11(5-8)16-4-3-15-10/h1-5H,6-7H2,(H,17,18,19). The monoisotopic (exact) mass is 298 g/mol. The molecule has 0 bridgehead atoms. The number of nitrogens with zero attached hydrogens (tertiary/aromatic N) is 3. The summed E-state index contributed by atoms with van der Waals surface area (Å²) in [5, 5.41) is 0. The molecular weight excluding hydrogens is 288 g/mol. The maximum atomic E-state index is 5.39. The van der Waals surface area contributed by atoms with Gasteiger partial charge < -0.3 is 4.98 Å². The van der Waals surface area contributed by atoms with E-state index in [2.05, 4.69) is 19.9 Å². The van der Waals surface area contributed by atoms with Crippen molar-refractivity contribution in [3.63, 3.8) is 0 Å². The topological polar surface area (TPSA) is 54.5 Å². The van der Waals surface area contributed by atoms with Crippen LogP contribution in [0.3, 0.4) is 0 Å². The highest BCUT2D eigenvalue weighted by Gasteiger charge is 2.16. The molecule has 0 spiro atoms. The number of nitrogens with one attached hydrogen (secondary N) is 1. The minimum atomic E-state index is 0.706. The largest absolute Gasteiger partial charge is 0.342 e. The van der Waals surface area contributed by atoms with Gasteiger partial charge in [0.1, 0.15) is 10.5 Å². The second kappa shape index (κ2) is 4.64. The smallest absolute Gasteiger partial charge is 0.139 e. The molecule has 98 valence electrons. The summed E-state index contributed by atoms with van der Waals surface area (Å²) in [6.07, 6.45) is 3.39. The molecule has 0 aliphatic carbocycles. The SMILES string of the molecule is S=c1nc(-c2ccc3nccnc3c2)[nH]c2c1CSC2. The second-order valence-electron chi connectivity index (χ2n) is 4.60. The maximum Gasteiger partial charge on any atom is 0.139 e. The Balaban J connectivity index is 1.91. The van der Waals surface area contributed by atoms with Crippen LogP contribution in [0.5, 0.6) is 0 Å². The predicted octanol–water partition coefficient (Wildman–Crippen LogP) is 3.50. The van der Waals surface area contributed by atoms with Gasteiger partial charge in [-0.05, 0) is 18.2 Å². The molecule has 4 nitrogen and oxygen atoms in total. The predicted molar refractivity (Wildman–Crippen MR) is 83.0 cm³/mol. The molecule has 1 aliphatic rings. The fraction of sp³-hybridized carbons (Fsp3) is 0.143. The summed E-state index contributed by atoms with van der Waals surface area (Å²) >= 11 is 7.25. The molecule has 1 N–H and O–H groups in total. The van der Waals surface area contributed by atoms with Gasteiger partial charge in [-0.3, -0.25) is 9.97 Å². The number of benzene rings is 1. The van der Waals surface area contributed by atoms with Crippen molar-refractivity contribution < 1.29 is 0 Å². The molecule has 0 saturated carbocycles. The highest BCUT2D eigenvalue weighted by atomic mass is 32.2. The molecular formula is C14H10N4S2. The van der Waals surface area contributed by atoms with E-state index in [9.17, 15) is 0 Å². The summed E-state index contributed by atoms with van der Waals surface area (Å²) in [4.78, 5) is 16.5. The van der Waals surface area contributed by atoms with Crippen molar-refractivity contribution in [2.45, 2.75) is 11.5 Å². The molecule has 6 heteroatoms. The van der Waals surface area contributed by atoms with Crippen LogP contribution in [0.4, 0.5) is 0 Å². The van der Waals surface area contributed by atoms with Gasteiger partial charge in [-0.2, -0.15) is 11.8 Å². The number of aromatic amines is 1. The van der Waals surface area contributed by atoms with Gasteiger partial charge in [0.15, 0.2) is 0 Å². The van der Waals surface area contributed by atoms with E-state index in [0.29, 0.717) is 4.64 Å². The van der Waals surface area contributed by atoms with Gasteiger partial charge in [0, 0.05) is 40.7 Å². The van der Waals surface area contributed by atoms with Crippen molar-refractivity contribution in [3.05, 3.63) is 46.5 Å². The zero-order valence-electron chi connectivity index (χ0n) is 10.5. The molecule has 1 aromatic carbocycles. The first kappa shape index (κ1) is 12.0. The lowest BCUT2D eigenvalue weighted by atomic mass is 10.1. The third-order valence-electron chi connectivity index (χ3n) is 3.34. The Morgan fingerprint density at radius 2 is 1.95 bits per heavy atom. The van der Waals surface area contributed by atoms with Crippen molar-refractivity contribution in [2.24, 2.45) is 0 Å². The van der Waals surface area contributed by atoms with Gasteiger partial charge in [-0.25, -0.2) is 4.98 Å². The Morgan fingerprint density at radius 3 is 2.85 bits per heavy atom. The minimum absolute atomic E-state index is 0.706. The summed E-state index contributed by atoms with van der Waals surface area (Å²) in [5.74, 6) is 2.74. The van der Waals surface area contributed by atoms with Crippen molar-refractivity contribution in [1.29, 1.82) is 0 Å². The molecule has 1 aliphatic heterocycles. The van der Waals surface area contributed by atoms with Crippen LogP contribution in [0.1, 0.15) is 11.3 Å². The zero-order valence-corrected chi connectivity index (χ0v) is 12.1. The highest BCUT2D eigenvalue weighted by molar-refractivity contribution is 7.98. The van der Waals surface area contributed by atoms with Crippen LogP contribution >= 0.6 is 24.0 Å². The molecule has 0 fully saturated rings. The molecule has 0 radical (unpaired) electrons. The number of aromatic nitrogens is 4. The van der Waals surface area contributed by atoms with Crippen LogP contribution in [-0.2, 0) is 11.5 Å². The van der Waals surface area contributed by atoms with Gasteiger partial charge in [0.2, 0.25) is 0 Å². The van der Waals surface area contributed by atoms with Gasteiger partial charge in [-0.15, -0.1) is 0 Å². The molecule has 3 aromatic rings. The van der Waals surface area contributed by atoms with Gasteiger partial charge in [0.25, 0.3) is 0 Å². The van der Waals surface area contributed by atoms with Crippen molar-refractivity contribution in [2.75, 3.05) is 0 Å². The molecule has 0 unspecified atom stereocenters. The number of H-pyrrole nitrogens is 1. The fourth-order valence-electron chi connectivity index (χ4n) is 2.32. The van der Waals surface area contributed by atoms with E-state index in [0.717, 1.165) is 33.9 Å². The Kier molecular flexibility index (Phi) is 2.78. The van der Waals surface area contributed by atoms with E-state index in [-0.39, 0.29) is 0 Å². The average molecular weight is 298 g/mol. The highest BCUT2D eigenvalue weighted by Crippen LogP contribution is 2.30. The summed E-state index contributed by atoms with van der Waals surface area (Å²) in [6, 6.07) is 5.95.